The maximum atomic E-state index is 2.66. The van der Waals surface area contributed by atoms with Gasteiger partial charge in [-0.2, -0.15) is 0 Å². The van der Waals surface area contributed by atoms with Crippen LogP contribution in [0.15, 0.2) is 41.1 Å². The molecule has 0 amide bonds. The standard InChI is InChI=1S/C19H24NS2.HI/c1-20(2)15-6-3-10-19(20,11-9-15)14-16(17-7-4-12-21-17)18-8-5-13-22-18;/h4-5,7-8,12-15H,3,6,9-11H2,1-2H3;1H/q+1;/p-1. The number of hydrogen-bond donors (Lipinski definition) is 0. The number of nitrogens with zero attached hydrogens (tertiary/aromatic N) is 1. The molecule has 2 fully saturated rings. The molecular weight excluding hydrogens is 433 g/mol. The van der Waals surface area contributed by atoms with E-state index < -0.39 is 0 Å². The molecule has 2 atom stereocenters. The Balaban J connectivity index is 0.00000156. The lowest BCUT2D eigenvalue weighted by Crippen LogP contribution is -3.00. The Labute approximate surface area is 164 Å². The second-order valence-corrected chi connectivity index (χ2v) is 9.14. The first-order valence-corrected chi connectivity index (χ1v) is 10.0. The van der Waals surface area contributed by atoms with Gasteiger partial charge in [0.1, 0.15) is 5.54 Å². The summed E-state index contributed by atoms with van der Waals surface area (Å²) in [6.07, 6.45) is 9.55. The molecule has 2 unspecified atom stereocenters. The Morgan fingerprint density at radius 1 is 1.09 bits per heavy atom. The number of likely N-dealkylation sites (N-methyl/N-ethyl adjacent to an activating group) is 1. The van der Waals surface area contributed by atoms with Gasteiger partial charge in [0.25, 0.3) is 0 Å². The Hall–Kier alpha value is -0.170. The van der Waals surface area contributed by atoms with E-state index in [0.717, 1.165) is 6.04 Å². The van der Waals surface area contributed by atoms with Crippen molar-refractivity contribution < 1.29 is 28.5 Å². The fraction of sp³-hybridized carbons (Fsp3) is 0.474. The molecule has 4 heterocycles. The molecule has 4 heteroatoms. The molecule has 0 aliphatic carbocycles. The highest BCUT2D eigenvalue weighted by atomic mass is 127. The largest absolute Gasteiger partial charge is 1.00 e. The first-order valence-electron chi connectivity index (χ1n) is 8.27. The summed E-state index contributed by atoms with van der Waals surface area (Å²) < 4.78 is 1.19. The molecule has 2 aliphatic rings. The van der Waals surface area contributed by atoms with Crippen molar-refractivity contribution in [3.63, 3.8) is 0 Å². The normalized spacial score (nSPS) is 28.2. The number of quaternary nitrogens is 1. The summed E-state index contributed by atoms with van der Waals surface area (Å²) in [5, 5.41) is 4.40. The van der Waals surface area contributed by atoms with Crippen LogP contribution in [0, 0.1) is 0 Å². The van der Waals surface area contributed by atoms with Crippen LogP contribution in [0.2, 0.25) is 0 Å². The summed E-state index contributed by atoms with van der Waals surface area (Å²) in [5.74, 6) is 0. The van der Waals surface area contributed by atoms with Crippen molar-refractivity contribution in [1.29, 1.82) is 0 Å². The maximum Gasteiger partial charge on any atom is 0.119 e. The third-order valence-electron chi connectivity index (χ3n) is 6.10. The average Bonchev–Trinajstić information content (AvgIpc) is 3.19. The summed E-state index contributed by atoms with van der Waals surface area (Å²) in [6, 6.07) is 9.77. The van der Waals surface area contributed by atoms with E-state index in [-0.39, 0.29) is 24.0 Å². The van der Waals surface area contributed by atoms with E-state index in [1.165, 1.54) is 51.9 Å². The fourth-order valence-electron chi connectivity index (χ4n) is 4.62. The van der Waals surface area contributed by atoms with Crippen LogP contribution in [0.25, 0.3) is 5.57 Å². The van der Waals surface area contributed by atoms with Crippen LogP contribution in [0.1, 0.15) is 41.9 Å². The molecule has 23 heavy (non-hydrogen) atoms. The second kappa shape index (κ2) is 6.62. The Kier molecular flexibility index (Phi) is 5.08. The van der Waals surface area contributed by atoms with Gasteiger partial charge in [0, 0.05) is 34.6 Å². The lowest BCUT2D eigenvalue weighted by Gasteiger charge is -2.49. The fourth-order valence-corrected chi connectivity index (χ4v) is 6.20. The van der Waals surface area contributed by atoms with Crippen molar-refractivity contribution in [1.82, 2.24) is 0 Å². The molecule has 0 radical (unpaired) electrons. The van der Waals surface area contributed by atoms with Crippen molar-refractivity contribution in [2.24, 2.45) is 0 Å². The summed E-state index contributed by atoms with van der Waals surface area (Å²) in [5.41, 5.74) is 1.81. The first kappa shape index (κ1) is 17.6. The van der Waals surface area contributed by atoms with Gasteiger partial charge in [-0.1, -0.05) is 12.1 Å². The van der Waals surface area contributed by atoms with Gasteiger partial charge >= 0.3 is 0 Å². The molecule has 1 nitrogen and oxygen atoms in total. The van der Waals surface area contributed by atoms with Crippen molar-refractivity contribution >= 4 is 28.2 Å². The van der Waals surface area contributed by atoms with E-state index in [9.17, 15) is 0 Å². The summed E-state index contributed by atoms with van der Waals surface area (Å²) in [4.78, 5) is 2.84. The van der Waals surface area contributed by atoms with E-state index in [1.807, 2.05) is 22.7 Å². The summed E-state index contributed by atoms with van der Waals surface area (Å²) >= 11 is 3.74. The molecule has 2 aliphatic heterocycles. The molecule has 0 saturated carbocycles. The van der Waals surface area contributed by atoms with Gasteiger partial charge < -0.3 is 28.5 Å². The quantitative estimate of drug-likeness (QED) is 0.491. The molecule has 2 saturated heterocycles. The third-order valence-corrected chi connectivity index (χ3v) is 7.91. The predicted octanol–water partition coefficient (Wildman–Crippen LogP) is 2.41. The number of hydrogen-bond acceptors (Lipinski definition) is 2. The highest BCUT2D eigenvalue weighted by Crippen LogP contribution is 2.50. The van der Waals surface area contributed by atoms with Crippen LogP contribution < -0.4 is 24.0 Å². The lowest BCUT2D eigenvalue weighted by molar-refractivity contribution is -0.948. The highest BCUT2D eigenvalue weighted by molar-refractivity contribution is 7.13. The first-order chi connectivity index (χ1) is 10.6. The van der Waals surface area contributed by atoms with Gasteiger partial charge in [0.05, 0.1) is 20.1 Å². The maximum absolute atomic E-state index is 2.66. The SMILES string of the molecule is C[N+]1(C)C2CCCC1(C=C(c1cccs1)c1cccs1)CC2.[I-]. The zero-order valence-corrected chi connectivity index (χ0v) is 17.6. The Morgan fingerprint density at radius 3 is 2.30 bits per heavy atom. The molecule has 0 N–H and O–H groups in total. The van der Waals surface area contributed by atoms with Crippen molar-refractivity contribution in [2.45, 2.75) is 43.7 Å². The highest BCUT2D eigenvalue weighted by Gasteiger charge is 2.56. The molecule has 4 rings (SSSR count). The van der Waals surface area contributed by atoms with Crippen LogP contribution in [-0.2, 0) is 0 Å². The van der Waals surface area contributed by atoms with E-state index in [1.54, 1.807) is 0 Å². The zero-order valence-electron chi connectivity index (χ0n) is 13.8. The van der Waals surface area contributed by atoms with Crippen LogP contribution in [-0.4, -0.2) is 30.2 Å². The van der Waals surface area contributed by atoms with E-state index in [4.69, 9.17) is 0 Å². The number of thiophene rings is 2. The molecular formula is C19H24INS2. The van der Waals surface area contributed by atoms with Gasteiger partial charge in [0.2, 0.25) is 0 Å². The second-order valence-electron chi connectivity index (χ2n) is 7.24. The van der Waals surface area contributed by atoms with Crippen molar-refractivity contribution in [2.75, 3.05) is 14.1 Å². The number of fused-ring (bicyclic) bond motifs is 2. The van der Waals surface area contributed by atoms with E-state index >= 15 is 0 Å². The lowest BCUT2D eigenvalue weighted by atomic mass is 9.84. The van der Waals surface area contributed by atoms with Crippen LogP contribution in [0.3, 0.4) is 0 Å². The van der Waals surface area contributed by atoms with E-state index in [2.05, 4.69) is 55.2 Å². The van der Waals surface area contributed by atoms with Gasteiger partial charge in [-0.05, 0) is 41.8 Å². The smallest absolute Gasteiger partial charge is 0.119 e. The van der Waals surface area contributed by atoms with Crippen LogP contribution >= 0.6 is 22.7 Å². The molecule has 2 aromatic heterocycles. The minimum Gasteiger partial charge on any atom is -1.00 e. The predicted molar refractivity (Wildman–Crippen MR) is 97.4 cm³/mol. The van der Waals surface area contributed by atoms with Gasteiger partial charge in [-0.15, -0.1) is 22.7 Å². The van der Waals surface area contributed by atoms with Gasteiger partial charge in [0.15, 0.2) is 0 Å². The van der Waals surface area contributed by atoms with Gasteiger partial charge in [-0.3, -0.25) is 0 Å². The molecule has 2 aromatic rings. The molecule has 124 valence electrons. The van der Waals surface area contributed by atoms with Gasteiger partial charge in [-0.25, -0.2) is 0 Å². The number of halogens is 1. The number of rotatable bonds is 3. The number of piperidine rings is 1. The Morgan fingerprint density at radius 2 is 1.74 bits per heavy atom. The summed E-state index contributed by atoms with van der Waals surface area (Å²) in [6.45, 7) is 0. The molecule has 2 bridgehead atoms. The summed E-state index contributed by atoms with van der Waals surface area (Å²) in [7, 11) is 4.93. The van der Waals surface area contributed by atoms with E-state index in [0.29, 0.717) is 5.54 Å². The third kappa shape index (κ3) is 2.86. The zero-order chi connectivity index (χ0) is 15.2. The minimum absolute atomic E-state index is 0. The van der Waals surface area contributed by atoms with Crippen LogP contribution in [0.4, 0.5) is 0 Å². The Bertz CT molecular complexity index is 632. The van der Waals surface area contributed by atoms with Crippen molar-refractivity contribution in [3.8, 4) is 0 Å². The molecule has 0 spiro atoms. The minimum atomic E-state index is 0. The topological polar surface area (TPSA) is 0 Å². The van der Waals surface area contributed by atoms with Crippen molar-refractivity contribution in [3.05, 3.63) is 50.9 Å². The van der Waals surface area contributed by atoms with Crippen LogP contribution in [0.5, 0.6) is 0 Å². The average molecular weight is 457 g/mol. The molecule has 0 aromatic carbocycles. The monoisotopic (exact) mass is 457 g/mol.